The fraction of sp³-hybridized carbons (Fsp3) is 0.600. The third kappa shape index (κ3) is 4.60. The Labute approximate surface area is 235 Å². The van der Waals surface area contributed by atoms with Gasteiger partial charge in [-0.25, -0.2) is 0 Å². The lowest BCUT2D eigenvalue weighted by Crippen LogP contribution is -2.66. The van der Waals surface area contributed by atoms with E-state index < -0.39 is 58.4 Å². The van der Waals surface area contributed by atoms with Crippen molar-refractivity contribution in [3.05, 3.63) is 39.7 Å². The number of benzene rings is 1. The maximum Gasteiger partial charge on any atom is 0.202 e. The first-order chi connectivity index (χ1) is 18.4. The van der Waals surface area contributed by atoms with Gasteiger partial charge in [0.05, 0.1) is 17.2 Å². The van der Waals surface area contributed by atoms with Crippen molar-refractivity contribution in [1.82, 2.24) is 4.90 Å². The third-order valence-electron chi connectivity index (χ3n) is 8.72. The zero-order valence-corrected chi connectivity index (χ0v) is 24.4. The van der Waals surface area contributed by atoms with Crippen LogP contribution in [0.5, 0.6) is 5.75 Å². The van der Waals surface area contributed by atoms with E-state index in [1.807, 2.05) is 25.1 Å². The molecule has 0 bridgehead atoms. The van der Waals surface area contributed by atoms with Crippen molar-refractivity contribution in [3.63, 3.8) is 0 Å². The number of fused-ring (bicyclic) bond motifs is 3. The number of carbonyl (C=O) groups excluding carboxylic acids is 2. The van der Waals surface area contributed by atoms with Gasteiger partial charge >= 0.3 is 0 Å². The topological polar surface area (TPSA) is 168 Å². The lowest BCUT2D eigenvalue weighted by atomic mass is 9.57. The minimum Gasteiger partial charge on any atom is -0.508 e. The molecule has 3 aliphatic carbocycles. The van der Waals surface area contributed by atoms with Gasteiger partial charge in [-0.05, 0) is 74.7 Å². The molecule has 1 unspecified atom stereocenters. The number of Topliss-reactive ketones (excluding diaryl/α,β-unsaturated/α-hetero) is 2. The number of rotatable bonds is 6. The van der Waals surface area contributed by atoms with Crippen molar-refractivity contribution in [2.45, 2.75) is 70.7 Å². The number of carbonyl (C=O) groups is 2. The van der Waals surface area contributed by atoms with Crippen LogP contribution < -0.4 is 10.6 Å². The third-order valence-corrected chi connectivity index (χ3v) is 8.72. The minimum atomic E-state index is -2.58. The number of anilines is 1. The van der Waals surface area contributed by atoms with E-state index in [1.54, 1.807) is 14.1 Å². The van der Waals surface area contributed by atoms with E-state index in [-0.39, 0.29) is 35.1 Å². The number of phenolic OH excluding ortho intramolecular Hbond substituents is 1. The number of aryl methyl sites for hydroxylation is 1. The SMILES string of the molecule is CN(C)c1cc(CCCC(C)(C)C)c(O)c2c1C[C@H]1C[C@H]3[C@H](N(C)C)C(=O)C(C(N)O)=C(O)[C@@]3(O)C(=O)C1=C2O. The highest BCUT2D eigenvalue weighted by molar-refractivity contribution is 6.14. The van der Waals surface area contributed by atoms with Crippen LogP contribution in [-0.2, 0) is 22.4 Å². The van der Waals surface area contributed by atoms with E-state index >= 15 is 0 Å². The smallest absolute Gasteiger partial charge is 0.202 e. The predicted octanol–water partition coefficient (Wildman–Crippen LogP) is 2.19. The first-order valence-electron chi connectivity index (χ1n) is 13.8. The Kier molecular flexibility index (Phi) is 7.64. The second kappa shape index (κ2) is 10.2. The average molecular weight is 558 g/mol. The van der Waals surface area contributed by atoms with Crippen LogP contribution in [0.15, 0.2) is 23.0 Å². The number of nitrogens with zero attached hydrogens (tertiary/aromatic N) is 2. The average Bonchev–Trinajstić information content (AvgIpc) is 2.81. The molecule has 4 rings (SSSR count). The quantitative estimate of drug-likeness (QED) is 0.285. The molecule has 10 nitrogen and oxygen atoms in total. The van der Waals surface area contributed by atoms with Crippen LogP contribution in [0.2, 0.25) is 0 Å². The molecule has 5 atom stereocenters. The molecule has 0 aromatic heterocycles. The summed E-state index contributed by atoms with van der Waals surface area (Å²) < 4.78 is 0. The Hall–Kier alpha value is -2.92. The van der Waals surface area contributed by atoms with Crippen molar-refractivity contribution in [2.75, 3.05) is 33.1 Å². The van der Waals surface area contributed by atoms with E-state index in [4.69, 9.17) is 5.73 Å². The van der Waals surface area contributed by atoms with E-state index in [0.717, 1.165) is 18.5 Å². The largest absolute Gasteiger partial charge is 0.508 e. The van der Waals surface area contributed by atoms with Crippen LogP contribution in [0.25, 0.3) is 5.76 Å². The molecule has 40 heavy (non-hydrogen) atoms. The maximum absolute atomic E-state index is 14.1. The van der Waals surface area contributed by atoms with Crippen LogP contribution >= 0.6 is 0 Å². The van der Waals surface area contributed by atoms with Gasteiger partial charge in [0, 0.05) is 31.3 Å². The Morgan fingerprint density at radius 1 is 1.12 bits per heavy atom. The van der Waals surface area contributed by atoms with Gasteiger partial charge in [-0.2, -0.15) is 0 Å². The van der Waals surface area contributed by atoms with E-state index in [9.17, 15) is 35.1 Å². The number of phenols is 1. The first-order valence-corrected chi connectivity index (χ1v) is 13.8. The van der Waals surface area contributed by atoms with Gasteiger partial charge in [-0.1, -0.05) is 20.8 Å². The standard InChI is InChI=1S/C30H43N3O7/c1-29(2,3)10-8-9-14-13-18(32(4)5)16-11-15-12-17-22(33(6)7)25(36)21(28(31)39)27(38)30(17,40)26(37)19(15)24(35)20(16)23(14)34/h13,15,17,22,28,34-35,38-40H,8-12,31H2,1-7H3/t15-,17-,22-,28?,30-/m0/s1. The first kappa shape index (κ1) is 30.0. The molecule has 0 spiro atoms. The van der Waals surface area contributed by atoms with Crippen LogP contribution in [-0.4, -0.2) is 88.1 Å². The summed E-state index contributed by atoms with van der Waals surface area (Å²) in [6.07, 6.45) is 0.761. The Morgan fingerprint density at radius 2 is 1.75 bits per heavy atom. The Morgan fingerprint density at radius 3 is 2.27 bits per heavy atom. The summed E-state index contributed by atoms with van der Waals surface area (Å²) in [6.45, 7) is 6.44. The summed E-state index contributed by atoms with van der Waals surface area (Å²) in [4.78, 5) is 30.8. The summed E-state index contributed by atoms with van der Waals surface area (Å²) in [5, 5.41) is 56.0. The van der Waals surface area contributed by atoms with Crippen LogP contribution in [0.1, 0.15) is 56.7 Å². The van der Waals surface area contributed by atoms with E-state index in [1.165, 1.54) is 4.90 Å². The molecular formula is C30H43N3O7. The number of hydrogen-bond donors (Lipinski definition) is 6. The lowest BCUT2D eigenvalue weighted by Gasteiger charge is -2.50. The number of aromatic hydroxyl groups is 1. The number of nitrogens with two attached hydrogens (primary N) is 1. The number of hydrogen-bond acceptors (Lipinski definition) is 10. The molecule has 3 aliphatic rings. The Bertz CT molecular complexity index is 1310. The van der Waals surface area contributed by atoms with Gasteiger partial charge in [0.25, 0.3) is 0 Å². The molecular weight excluding hydrogens is 514 g/mol. The van der Waals surface area contributed by atoms with Crippen LogP contribution in [0.3, 0.4) is 0 Å². The monoisotopic (exact) mass is 557 g/mol. The maximum atomic E-state index is 14.1. The second-order valence-electron chi connectivity index (χ2n) is 13.1. The molecule has 1 fully saturated rings. The molecule has 1 saturated carbocycles. The Balaban J connectivity index is 1.91. The molecule has 220 valence electrons. The van der Waals surface area contributed by atoms with Crippen molar-refractivity contribution in [2.24, 2.45) is 23.0 Å². The van der Waals surface area contributed by atoms with Crippen molar-refractivity contribution >= 4 is 23.0 Å². The van der Waals surface area contributed by atoms with Crippen molar-refractivity contribution in [3.8, 4) is 5.75 Å². The normalized spacial score (nSPS) is 27.5. The summed E-state index contributed by atoms with van der Waals surface area (Å²) in [6, 6.07) is 0.877. The van der Waals surface area contributed by atoms with Gasteiger partial charge < -0.3 is 36.2 Å². The molecule has 0 saturated heterocycles. The fourth-order valence-corrected chi connectivity index (χ4v) is 6.82. The zero-order chi connectivity index (χ0) is 30.1. The van der Waals surface area contributed by atoms with Gasteiger partial charge in [0.1, 0.15) is 23.5 Å². The second-order valence-corrected chi connectivity index (χ2v) is 13.1. The molecule has 1 aromatic rings. The molecule has 0 amide bonds. The minimum absolute atomic E-state index is 0.0919. The molecule has 0 heterocycles. The number of aliphatic hydroxyl groups is 4. The van der Waals surface area contributed by atoms with Gasteiger partial charge in [-0.3, -0.25) is 14.5 Å². The predicted molar refractivity (Wildman–Crippen MR) is 152 cm³/mol. The van der Waals surface area contributed by atoms with E-state index in [0.29, 0.717) is 17.5 Å². The molecule has 0 radical (unpaired) electrons. The van der Waals surface area contributed by atoms with Gasteiger partial charge in [0.2, 0.25) is 5.78 Å². The zero-order valence-electron chi connectivity index (χ0n) is 24.4. The highest BCUT2D eigenvalue weighted by Crippen LogP contribution is 2.54. The molecule has 7 N–H and O–H groups in total. The molecule has 1 aromatic carbocycles. The summed E-state index contributed by atoms with van der Waals surface area (Å²) in [5.74, 6) is -4.80. The summed E-state index contributed by atoms with van der Waals surface area (Å²) in [5.41, 5.74) is 4.65. The van der Waals surface area contributed by atoms with Crippen molar-refractivity contribution < 1.29 is 35.1 Å². The summed E-state index contributed by atoms with van der Waals surface area (Å²) in [7, 11) is 6.96. The molecule has 0 aliphatic heterocycles. The number of ketones is 2. The fourth-order valence-electron chi connectivity index (χ4n) is 6.82. The molecule has 10 heteroatoms. The number of likely N-dealkylation sites (N-methyl/N-ethyl adjacent to an activating group) is 1. The highest BCUT2D eigenvalue weighted by Gasteiger charge is 2.64. The van der Waals surface area contributed by atoms with Crippen LogP contribution in [0.4, 0.5) is 5.69 Å². The van der Waals surface area contributed by atoms with Gasteiger partial charge in [0.15, 0.2) is 11.4 Å². The van der Waals surface area contributed by atoms with Crippen LogP contribution in [0, 0.1) is 17.3 Å². The lowest BCUT2D eigenvalue weighted by molar-refractivity contribution is -0.154. The summed E-state index contributed by atoms with van der Waals surface area (Å²) >= 11 is 0. The van der Waals surface area contributed by atoms with E-state index in [2.05, 4.69) is 20.8 Å². The van der Waals surface area contributed by atoms with Gasteiger partial charge in [-0.15, -0.1) is 0 Å². The van der Waals surface area contributed by atoms with Crippen molar-refractivity contribution in [1.29, 1.82) is 0 Å². The highest BCUT2D eigenvalue weighted by atomic mass is 16.4. The number of aliphatic hydroxyl groups excluding tert-OH is 3.